The van der Waals surface area contributed by atoms with Crippen molar-refractivity contribution in [1.82, 2.24) is 4.31 Å². The molecular formula is C17H23NO3S. The molecule has 0 saturated heterocycles. The summed E-state index contributed by atoms with van der Waals surface area (Å²) in [7, 11) is -1.98. The first-order valence-corrected chi connectivity index (χ1v) is 8.67. The van der Waals surface area contributed by atoms with Gasteiger partial charge in [0.05, 0.1) is 17.7 Å². The number of benzene rings is 1. The Morgan fingerprint density at radius 1 is 0.955 bits per heavy atom. The molecule has 0 spiro atoms. The van der Waals surface area contributed by atoms with Gasteiger partial charge in [0.2, 0.25) is 10.0 Å². The largest absolute Gasteiger partial charge is 0.468 e. The van der Waals surface area contributed by atoms with Gasteiger partial charge < -0.3 is 4.42 Å². The van der Waals surface area contributed by atoms with Crippen LogP contribution in [-0.4, -0.2) is 19.8 Å². The Bertz CT molecular complexity index is 761. The number of sulfonamides is 1. The molecule has 120 valence electrons. The SMILES string of the molecule is Cc1c(C)c(C)c(S(=O)(=O)N(C)Cc2ccco2)c(C)c1C. The van der Waals surface area contributed by atoms with Crippen molar-refractivity contribution in [2.75, 3.05) is 7.05 Å². The summed E-state index contributed by atoms with van der Waals surface area (Å²) in [4.78, 5) is 0.419. The van der Waals surface area contributed by atoms with Crippen LogP contribution < -0.4 is 0 Å². The fourth-order valence-corrected chi connectivity index (χ4v) is 4.40. The third-order valence-corrected chi connectivity index (χ3v) is 6.64. The molecule has 1 aromatic carbocycles. The molecule has 0 aliphatic heterocycles. The minimum atomic E-state index is -3.56. The maximum absolute atomic E-state index is 13.0. The van der Waals surface area contributed by atoms with Gasteiger partial charge in [-0.25, -0.2) is 8.42 Å². The molecule has 0 bridgehead atoms. The lowest BCUT2D eigenvalue weighted by Gasteiger charge is -2.23. The van der Waals surface area contributed by atoms with Crippen molar-refractivity contribution in [3.8, 4) is 0 Å². The normalized spacial score (nSPS) is 12.1. The van der Waals surface area contributed by atoms with Gasteiger partial charge in [-0.15, -0.1) is 0 Å². The maximum Gasteiger partial charge on any atom is 0.243 e. The van der Waals surface area contributed by atoms with E-state index >= 15 is 0 Å². The summed E-state index contributed by atoms with van der Waals surface area (Å²) in [5, 5.41) is 0. The highest BCUT2D eigenvalue weighted by Crippen LogP contribution is 2.31. The van der Waals surface area contributed by atoms with E-state index in [0.29, 0.717) is 10.7 Å². The molecule has 0 fully saturated rings. The monoisotopic (exact) mass is 321 g/mol. The fraction of sp³-hybridized carbons (Fsp3) is 0.412. The zero-order valence-corrected chi connectivity index (χ0v) is 14.8. The molecule has 5 heteroatoms. The predicted octanol–water partition coefficient (Wildman–Crippen LogP) is 3.64. The van der Waals surface area contributed by atoms with E-state index in [1.807, 2.05) is 34.6 Å². The number of rotatable bonds is 4. The van der Waals surface area contributed by atoms with E-state index in [2.05, 4.69) is 0 Å². The number of hydrogen-bond donors (Lipinski definition) is 0. The van der Waals surface area contributed by atoms with E-state index in [-0.39, 0.29) is 6.54 Å². The second-order valence-corrected chi connectivity index (χ2v) is 7.78. The van der Waals surface area contributed by atoms with Crippen LogP contribution in [0.15, 0.2) is 27.7 Å². The molecule has 0 unspecified atom stereocenters. The topological polar surface area (TPSA) is 50.5 Å². The fourth-order valence-electron chi connectivity index (χ4n) is 2.72. The summed E-state index contributed by atoms with van der Waals surface area (Å²) < 4.78 is 32.6. The van der Waals surface area contributed by atoms with Gasteiger partial charge in [-0.1, -0.05) is 0 Å². The van der Waals surface area contributed by atoms with Crippen LogP contribution >= 0.6 is 0 Å². The molecule has 0 saturated carbocycles. The Morgan fingerprint density at radius 3 is 1.91 bits per heavy atom. The van der Waals surface area contributed by atoms with Gasteiger partial charge in [-0.05, 0) is 74.6 Å². The lowest BCUT2D eigenvalue weighted by Crippen LogP contribution is -2.28. The Kier molecular flexibility index (Phi) is 4.49. The van der Waals surface area contributed by atoms with Crippen molar-refractivity contribution < 1.29 is 12.8 Å². The van der Waals surface area contributed by atoms with Crippen LogP contribution in [0, 0.1) is 34.6 Å². The quantitative estimate of drug-likeness (QED) is 0.864. The van der Waals surface area contributed by atoms with E-state index in [1.165, 1.54) is 4.31 Å². The first-order valence-electron chi connectivity index (χ1n) is 7.23. The summed E-state index contributed by atoms with van der Waals surface area (Å²) in [5.41, 5.74) is 4.88. The van der Waals surface area contributed by atoms with Crippen LogP contribution in [-0.2, 0) is 16.6 Å². The third kappa shape index (κ3) is 2.71. The van der Waals surface area contributed by atoms with Crippen molar-refractivity contribution in [3.05, 3.63) is 52.0 Å². The first kappa shape index (κ1) is 16.8. The maximum atomic E-state index is 13.0. The standard InChI is InChI=1S/C17H23NO3S/c1-11-12(2)14(4)17(15(5)13(11)3)22(19,20)18(6)10-16-8-7-9-21-16/h7-9H,10H2,1-6H3. The average molecular weight is 321 g/mol. The number of hydrogen-bond acceptors (Lipinski definition) is 3. The van der Waals surface area contributed by atoms with Crippen molar-refractivity contribution >= 4 is 10.0 Å². The van der Waals surface area contributed by atoms with E-state index in [4.69, 9.17) is 4.42 Å². The van der Waals surface area contributed by atoms with Gasteiger partial charge in [0.25, 0.3) is 0 Å². The van der Waals surface area contributed by atoms with Crippen LogP contribution in [0.4, 0.5) is 0 Å². The molecule has 2 aromatic rings. The molecule has 0 aliphatic rings. The Labute approximate surface area is 132 Å². The van der Waals surface area contributed by atoms with Gasteiger partial charge in [0, 0.05) is 7.05 Å². The van der Waals surface area contributed by atoms with Gasteiger partial charge in [0.15, 0.2) is 0 Å². The smallest absolute Gasteiger partial charge is 0.243 e. The van der Waals surface area contributed by atoms with Crippen LogP contribution in [0.25, 0.3) is 0 Å². The molecule has 22 heavy (non-hydrogen) atoms. The lowest BCUT2D eigenvalue weighted by atomic mass is 9.95. The zero-order valence-electron chi connectivity index (χ0n) is 14.0. The third-order valence-electron chi connectivity index (χ3n) is 4.56. The second-order valence-electron chi connectivity index (χ2n) is 5.79. The van der Waals surface area contributed by atoms with Crippen molar-refractivity contribution in [1.29, 1.82) is 0 Å². The molecule has 0 N–H and O–H groups in total. The lowest BCUT2D eigenvalue weighted by molar-refractivity contribution is 0.406. The highest BCUT2D eigenvalue weighted by molar-refractivity contribution is 7.89. The molecule has 0 atom stereocenters. The molecular weight excluding hydrogens is 298 g/mol. The van der Waals surface area contributed by atoms with Crippen molar-refractivity contribution in [3.63, 3.8) is 0 Å². The predicted molar refractivity (Wildman–Crippen MR) is 87.5 cm³/mol. The Morgan fingerprint density at radius 2 is 1.45 bits per heavy atom. The highest BCUT2D eigenvalue weighted by Gasteiger charge is 2.28. The molecule has 1 heterocycles. The molecule has 0 radical (unpaired) electrons. The number of furan rings is 1. The molecule has 0 amide bonds. The van der Waals surface area contributed by atoms with Gasteiger partial charge in [0.1, 0.15) is 5.76 Å². The Balaban J connectivity index is 2.54. The molecule has 2 rings (SSSR count). The van der Waals surface area contributed by atoms with Crippen LogP contribution in [0.5, 0.6) is 0 Å². The van der Waals surface area contributed by atoms with Gasteiger partial charge in [-0.2, -0.15) is 4.31 Å². The molecule has 4 nitrogen and oxygen atoms in total. The summed E-state index contributed by atoms with van der Waals surface area (Å²) >= 11 is 0. The Hall–Kier alpha value is -1.59. The average Bonchev–Trinajstić information content (AvgIpc) is 2.95. The summed E-state index contributed by atoms with van der Waals surface area (Å²) in [6.45, 7) is 9.96. The van der Waals surface area contributed by atoms with Crippen LogP contribution in [0.1, 0.15) is 33.6 Å². The van der Waals surface area contributed by atoms with E-state index < -0.39 is 10.0 Å². The molecule has 1 aromatic heterocycles. The van der Waals surface area contributed by atoms with E-state index in [9.17, 15) is 8.42 Å². The summed E-state index contributed by atoms with van der Waals surface area (Å²) in [5.74, 6) is 0.627. The van der Waals surface area contributed by atoms with Gasteiger partial charge >= 0.3 is 0 Å². The van der Waals surface area contributed by atoms with E-state index in [0.717, 1.165) is 27.8 Å². The number of nitrogens with zero attached hydrogens (tertiary/aromatic N) is 1. The van der Waals surface area contributed by atoms with Crippen LogP contribution in [0.3, 0.4) is 0 Å². The summed E-state index contributed by atoms with van der Waals surface area (Å²) in [6.07, 6.45) is 1.55. The van der Waals surface area contributed by atoms with Crippen molar-refractivity contribution in [2.45, 2.75) is 46.1 Å². The first-order chi connectivity index (χ1) is 10.2. The molecule has 0 aliphatic carbocycles. The minimum Gasteiger partial charge on any atom is -0.468 e. The second kappa shape index (κ2) is 5.89. The highest BCUT2D eigenvalue weighted by atomic mass is 32.2. The van der Waals surface area contributed by atoms with Crippen molar-refractivity contribution in [2.24, 2.45) is 0 Å². The minimum absolute atomic E-state index is 0.222. The van der Waals surface area contributed by atoms with E-state index in [1.54, 1.807) is 25.4 Å². The zero-order chi connectivity index (χ0) is 16.7. The van der Waals surface area contributed by atoms with Crippen LogP contribution in [0.2, 0.25) is 0 Å². The summed E-state index contributed by atoms with van der Waals surface area (Å²) in [6, 6.07) is 3.53. The van der Waals surface area contributed by atoms with Gasteiger partial charge in [-0.3, -0.25) is 0 Å².